The van der Waals surface area contributed by atoms with E-state index in [1.54, 1.807) is 32.0 Å². The number of aromatic carboxylic acids is 1. The molecule has 0 aliphatic carbocycles. The van der Waals surface area contributed by atoms with Crippen LogP contribution in [0.15, 0.2) is 42.6 Å². The monoisotopic (exact) mass is 395 g/mol. The number of carbonyl (C=O) groups is 3. The number of aromatic nitrogens is 1. The van der Waals surface area contributed by atoms with Gasteiger partial charge in [0.05, 0.1) is 5.69 Å². The molecule has 0 saturated carbocycles. The third-order valence-electron chi connectivity index (χ3n) is 5.20. The lowest BCUT2D eigenvalue weighted by Gasteiger charge is -2.27. The third kappa shape index (κ3) is 3.72. The Labute approximate surface area is 170 Å². The number of carbonyl (C=O) groups excluding carboxylic acids is 2. The van der Waals surface area contributed by atoms with Gasteiger partial charge in [0.15, 0.2) is 0 Å². The Balaban J connectivity index is 1.91. The van der Waals surface area contributed by atoms with Crippen LogP contribution in [0, 0.1) is 0 Å². The summed E-state index contributed by atoms with van der Waals surface area (Å²) in [5.41, 5.74) is 1.02. The fourth-order valence-electron chi connectivity index (χ4n) is 3.31. The average molecular weight is 395 g/mol. The lowest BCUT2D eigenvalue weighted by Crippen LogP contribution is -2.43. The molecule has 1 aromatic carbocycles. The Bertz CT molecular complexity index is 974. The molecule has 7 heteroatoms. The summed E-state index contributed by atoms with van der Waals surface area (Å²) in [6.45, 7) is 9.78. The molecule has 0 bridgehead atoms. The number of rotatable bonds is 4. The van der Waals surface area contributed by atoms with Crippen LogP contribution in [0.3, 0.4) is 0 Å². The second-order valence-electron chi connectivity index (χ2n) is 8.72. The highest BCUT2D eigenvalue weighted by atomic mass is 16.4. The van der Waals surface area contributed by atoms with Crippen molar-refractivity contribution in [1.82, 2.24) is 9.88 Å². The number of nitrogens with zero attached hydrogens (tertiary/aromatic N) is 3. The van der Waals surface area contributed by atoms with Gasteiger partial charge >= 0.3 is 12.0 Å². The number of urea groups is 1. The molecule has 152 valence electrons. The zero-order valence-corrected chi connectivity index (χ0v) is 17.3. The van der Waals surface area contributed by atoms with Gasteiger partial charge in [0.25, 0.3) is 5.91 Å². The number of carboxylic acid groups (broad SMARTS) is 1. The molecule has 1 aliphatic heterocycles. The van der Waals surface area contributed by atoms with Crippen LogP contribution in [0.1, 0.15) is 56.2 Å². The van der Waals surface area contributed by atoms with E-state index < -0.39 is 17.5 Å². The molecule has 3 amide bonds. The maximum Gasteiger partial charge on any atom is 0.354 e. The minimum absolute atomic E-state index is 0.0357. The predicted octanol–water partition coefficient (Wildman–Crippen LogP) is 3.82. The number of pyridine rings is 1. The molecule has 3 rings (SSSR count). The number of hydrogen-bond acceptors (Lipinski definition) is 4. The summed E-state index contributed by atoms with van der Waals surface area (Å²) in [5, 5.41) is 9.13. The number of hydrogen-bond donors (Lipinski definition) is 1. The maximum absolute atomic E-state index is 13.1. The highest BCUT2D eigenvalue weighted by Gasteiger charge is 2.51. The van der Waals surface area contributed by atoms with Crippen molar-refractivity contribution in [3.05, 3.63) is 59.4 Å². The highest BCUT2D eigenvalue weighted by Crippen LogP contribution is 2.34. The van der Waals surface area contributed by atoms with Gasteiger partial charge in [-0.25, -0.2) is 19.5 Å². The van der Waals surface area contributed by atoms with E-state index in [2.05, 4.69) is 25.8 Å². The molecule has 1 aromatic heterocycles. The Hall–Kier alpha value is -3.22. The van der Waals surface area contributed by atoms with Gasteiger partial charge in [0.1, 0.15) is 11.2 Å². The largest absolute Gasteiger partial charge is 0.477 e. The van der Waals surface area contributed by atoms with E-state index in [4.69, 9.17) is 5.11 Å². The SMILES string of the molecule is CC(C)(C)c1ccc(N2C(=O)N(Cc3ccnc(C(=O)O)c3)C(C)(C)C2=O)cc1. The zero-order chi connectivity index (χ0) is 21.6. The zero-order valence-electron chi connectivity index (χ0n) is 17.3. The van der Waals surface area contributed by atoms with E-state index >= 15 is 0 Å². The number of anilines is 1. The summed E-state index contributed by atoms with van der Waals surface area (Å²) < 4.78 is 0. The molecule has 7 nitrogen and oxygen atoms in total. The van der Waals surface area contributed by atoms with Crippen molar-refractivity contribution in [2.75, 3.05) is 4.90 Å². The first-order valence-electron chi connectivity index (χ1n) is 9.38. The van der Waals surface area contributed by atoms with Crippen LogP contribution < -0.4 is 4.90 Å². The molecule has 29 heavy (non-hydrogen) atoms. The molecule has 1 fully saturated rings. The molecule has 1 saturated heterocycles. The lowest BCUT2D eigenvalue weighted by atomic mass is 9.87. The number of amides is 3. The normalized spacial score (nSPS) is 16.4. The second kappa shape index (κ2) is 6.99. The van der Waals surface area contributed by atoms with E-state index in [1.165, 1.54) is 22.1 Å². The third-order valence-corrected chi connectivity index (χ3v) is 5.20. The lowest BCUT2D eigenvalue weighted by molar-refractivity contribution is -0.123. The standard InChI is InChI=1S/C22H25N3O4/c1-21(2,3)15-6-8-16(9-7-15)25-19(28)22(4,5)24(20(25)29)13-14-10-11-23-17(12-14)18(26)27/h6-12H,13H2,1-5H3,(H,26,27). The van der Waals surface area contributed by atoms with Crippen LogP contribution in [0.2, 0.25) is 0 Å². The highest BCUT2D eigenvalue weighted by molar-refractivity contribution is 6.22. The Morgan fingerprint density at radius 3 is 2.28 bits per heavy atom. The summed E-state index contributed by atoms with van der Waals surface area (Å²) in [6.07, 6.45) is 1.39. The first-order valence-corrected chi connectivity index (χ1v) is 9.38. The van der Waals surface area contributed by atoms with Crippen molar-refractivity contribution in [3.63, 3.8) is 0 Å². The fourth-order valence-corrected chi connectivity index (χ4v) is 3.31. The molecule has 0 unspecified atom stereocenters. The van der Waals surface area contributed by atoms with Crippen LogP contribution in [0.25, 0.3) is 0 Å². The van der Waals surface area contributed by atoms with Crippen molar-refractivity contribution in [2.24, 2.45) is 0 Å². The minimum atomic E-state index is -1.14. The molecule has 2 aromatic rings. The van der Waals surface area contributed by atoms with Crippen molar-refractivity contribution in [1.29, 1.82) is 0 Å². The van der Waals surface area contributed by atoms with Gasteiger partial charge in [-0.1, -0.05) is 32.9 Å². The van der Waals surface area contributed by atoms with E-state index in [0.29, 0.717) is 11.3 Å². The Morgan fingerprint density at radius 2 is 1.72 bits per heavy atom. The van der Waals surface area contributed by atoms with E-state index in [9.17, 15) is 14.4 Å². The molecular formula is C22H25N3O4. The molecule has 2 heterocycles. The quantitative estimate of drug-likeness (QED) is 0.795. The fraction of sp³-hybridized carbons (Fsp3) is 0.364. The van der Waals surface area contributed by atoms with Gasteiger partial charge in [-0.2, -0.15) is 0 Å². The van der Waals surface area contributed by atoms with Crippen molar-refractivity contribution in [3.8, 4) is 0 Å². The van der Waals surface area contributed by atoms with Crippen LogP contribution in [-0.4, -0.2) is 38.4 Å². The molecule has 0 atom stereocenters. The summed E-state index contributed by atoms with van der Waals surface area (Å²) >= 11 is 0. The summed E-state index contributed by atoms with van der Waals surface area (Å²) in [4.78, 5) is 43.8. The van der Waals surface area contributed by atoms with Crippen LogP contribution in [0.5, 0.6) is 0 Å². The van der Waals surface area contributed by atoms with Crippen molar-refractivity contribution >= 4 is 23.6 Å². The van der Waals surface area contributed by atoms with Gasteiger partial charge in [0.2, 0.25) is 0 Å². The minimum Gasteiger partial charge on any atom is -0.477 e. The Morgan fingerprint density at radius 1 is 1.10 bits per heavy atom. The smallest absolute Gasteiger partial charge is 0.354 e. The summed E-state index contributed by atoms with van der Waals surface area (Å²) in [6, 6.07) is 10.0. The first kappa shape index (κ1) is 20.5. The second-order valence-corrected chi connectivity index (χ2v) is 8.72. The van der Waals surface area contributed by atoms with Gasteiger partial charge in [0, 0.05) is 12.7 Å². The van der Waals surface area contributed by atoms with Gasteiger partial charge in [-0.05, 0) is 54.7 Å². The van der Waals surface area contributed by atoms with Crippen LogP contribution in [0.4, 0.5) is 10.5 Å². The molecule has 0 spiro atoms. The van der Waals surface area contributed by atoms with Gasteiger partial charge in [-0.3, -0.25) is 4.79 Å². The van der Waals surface area contributed by atoms with Crippen molar-refractivity contribution < 1.29 is 19.5 Å². The number of imide groups is 1. The Kier molecular flexibility index (Phi) is 4.94. The molecule has 0 radical (unpaired) electrons. The summed E-state index contributed by atoms with van der Waals surface area (Å²) in [5.74, 6) is -1.46. The van der Waals surface area contributed by atoms with Crippen molar-refractivity contribution in [2.45, 2.75) is 52.1 Å². The molecular weight excluding hydrogens is 370 g/mol. The number of benzene rings is 1. The van der Waals surface area contributed by atoms with E-state index in [0.717, 1.165) is 5.56 Å². The van der Waals surface area contributed by atoms with E-state index in [-0.39, 0.29) is 23.6 Å². The molecule has 1 aliphatic rings. The summed E-state index contributed by atoms with van der Waals surface area (Å²) in [7, 11) is 0. The molecule has 1 N–H and O–H groups in total. The maximum atomic E-state index is 13.1. The predicted molar refractivity (Wildman–Crippen MR) is 109 cm³/mol. The average Bonchev–Trinajstić information content (AvgIpc) is 2.81. The van der Waals surface area contributed by atoms with Gasteiger partial charge < -0.3 is 10.0 Å². The van der Waals surface area contributed by atoms with Gasteiger partial charge in [-0.15, -0.1) is 0 Å². The van der Waals surface area contributed by atoms with E-state index in [1.807, 2.05) is 12.1 Å². The van der Waals surface area contributed by atoms with Crippen LogP contribution >= 0.6 is 0 Å². The van der Waals surface area contributed by atoms with Crippen LogP contribution in [-0.2, 0) is 16.8 Å². The number of carboxylic acids is 1. The first-order chi connectivity index (χ1) is 13.4. The topological polar surface area (TPSA) is 90.8 Å².